The fourth-order valence-corrected chi connectivity index (χ4v) is 3.08. The van der Waals surface area contributed by atoms with Crippen molar-refractivity contribution in [1.29, 1.82) is 0 Å². The van der Waals surface area contributed by atoms with Gasteiger partial charge in [0.15, 0.2) is 0 Å². The highest BCUT2D eigenvalue weighted by atomic mass is 15.2. The maximum Gasteiger partial charge on any atom is 0.0478 e. The van der Waals surface area contributed by atoms with Crippen molar-refractivity contribution in [3.05, 3.63) is 35.9 Å². The van der Waals surface area contributed by atoms with Gasteiger partial charge in [0.1, 0.15) is 0 Å². The maximum atomic E-state index is 3.70. The van der Waals surface area contributed by atoms with Crippen molar-refractivity contribution in [2.45, 2.75) is 65.6 Å². The lowest BCUT2D eigenvalue weighted by Gasteiger charge is -2.40. The zero-order valence-electron chi connectivity index (χ0n) is 13.9. The highest BCUT2D eigenvalue weighted by Crippen LogP contribution is 2.25. The van der Waals surface area contributed by atoms with Gasteiger partial charge >= 0.3 is 0 Å². The van der Waals surface area contributed by atoms with E-state index in [-0.39, 0.29) is 0 Å². The molecular formula is C18H32N2. The van der Waals surface area contributed by atoms with Crippen LogP contribution in [0.4, 0.5) is 0 Å². The fourth-order valence-electron chi connectivity index (χ4n) is 3.08. The summed E-state index contributed by atoms with van der Waals surface area (Å²) >= 11 is 0. The Labute approximate surface area is 125 Å². The van der Waals surface area contributed by atoms with E-state index in [2.05, 4.69) is 75.2 Å². The number of hydrogen-bond donors (Lipinski definition) is 1. The van der Waals surface area contributed by atoms with Gasteiger partial charge in [-0.1, -0.05) is 51.1 Å². The molecule has 1 N–H and O–H groups in total. The average Bonchev–Trinajstić information content (AvgIpc) is 2.46. The van der Waals surface area contributed by atoms with Crippen LogP contribution in [-0.4, -0.2) is 30.1 Å². The van der Waals surface area contributed by atoms with Crippen LogP contribution in [0.25, 0.3) is 0 Å². The van der Waals surface area contributed by atoms with Crippen LogP contribution in [0.5, 0.6) is 0 Å². The van der Waals surface area contributed by atoms with Crippen molar-refractivity contribution in [2.75, 3.05) is 13.1 Å². The number of nitrogens with one attached hydrogen (secondary N) is 1. The first-order chi connectivity index (χ1) is 9.65. The van der Waals surface area contributed by atoms with E-state index >= 15 is 0 Å². The molecule has 0 aliphatic heterocycles. The Bertz CT molecular complexity index is 348. The number of hydrogen-bond acceptors (Lipinski definition) is 2. The normalized spacial score (nSPS) is 14.8. The van der Waals surface area contributed by atoms with Gasteiger partial charge in [0.25, 0.3) is 0 Å². The Morgan fingerprint density at radius 2 is 1.70 bits per heavy atom. The minimum atomic E-state index is 0.417. The summed E-state index contributed by atoms with van der Waals surface area (Å²) in [5.74, 6) is 0. The van der Waals surface area contributed by atoms with Crippen molar-refractivity contribution >= 4 is 0 Å². The van der Waals surface area contributed by atoms with Crippen LogP contribution in [0.1, 0.15) is 59.1 Å². The Hall–Kier alpha value is -0.860. The van der Waals surface area contributed by atoms with Crippen LogP contribution >= 0.6 is 0 Å². The first kappa shape index (κ1) is 17.2. The van der Waals surface area contributed by atoms with Crippen LogP contribution in [0.15, 0.2) is 30.3 Å². The quantitative estimate of drug-likeness (QED) is 0.726. The van der Waals surface area contributed by atoms with Gasteiger partial charge in [0.2, 0.25) is 0 Å². The van der Waals surface area contributed by atoms with E-state index in [1.54, 1.807) is 0 Å². The van der Waals surface area contributed by atoms with Crippen molar-refractivity contribution in [3.63, 3.8) is 0 Å². The molecule has 0 fully saturated rings. The molecule has 0 heterocycles. The van der Waals surface area contributed by atoms with Crippen LogP contribution < -0.4 is 5.32 Å². The molecule has 2 unspecified atom stereocenters. The lowest BCUT2D eigenvalue weighted by molar-refractivity contribution is 0.116. The molecule has 0 radical (unpaired) electrons. The summed E-state index contributed by atoms with van der Waals surface area (Å²) in [6, 6.07) is 12.4. The Morgan fingerprint density at radius 1 is 1.05 bits per heavy atom. The summed E-state index contributed by atoms with van der Waals surface area (Å²) in [4.78, 5) is 2.65. The predicted octanol–water partition coefficient (Wildman–Crippen LogP) is 4.24. The van der Waals surface area contributed by atoms with Crippen molar-refractivity contribution in [1.82, 2.24) is 10.2 Å². The van der Waals surface area contributed by atoms with Crippen molar-refractivity contribution in [2.24, 2.45) is 0 Å². The summed E-state index contributed by atoms with van der Waals surface area (Å²) in [5, 5.41) is 3.70. The second kappa shape index (κ2) is 9.15. The SMILES string of the molecule is CCCN(C(C)C)C(CC)C(NCC)c1ccccc1. The Morgan fingerprint density at radius 3 is 2.15 bits per heavy atom. The summed E-state index contributed by atoms with van der Waals surface area (Å²) in [5.41, 5.74) is 1.41. The largest absolute Gasteiger partial charge is 0.309 e. The second-order valence-electron chi connectivity index (χ2n) is 5.75. The average molecular weight is 276 g/mol. The molecule has 114 valence electrons. The monoisotopic (exact) mass is 276 g/mol. The molecule has 2 nitrogen and oxygen atoms in total. The van der Waals surface area contributed by atoms with Gasteiger partial charge in [0.05, 0.1) is 0 Å². The van der Waals surface area contributed by atoms with Crippen LogP contribution in [-0.2, 0) is 0 Å². The summed E-state index contributed by atoms with van der Waals surface area (Å²) in [6.45, 7) is 13.6. The van der Waals surface area contributed by atoms with E-state index in [1.807, 2.05) is 0 Å². The van der Waals surface area contributed by atoms with Gasteiger partial charge in [-0.05, 0) is 45.3 Å². The van der Waals surface area contributed by atoms with Gasteiger partial charge in [-0.15, -0.1) is 0 Å². The smallest absolute Gasteiger partial charge is 0.0478 e. The van der Waals surface area contributed by atoms with E-state index in [9.17, 15) is 0 Å². The summed E-state index contributed by atoms with van der Waals surface area (Å²) in [6.07, 6.45) is 2.38. The number of rotatable bonds is 9. The second-order valence-corrected chi connectivity index (χ2v) is 5.75. The van der Waals surface area contributed by atoms with Gasteiger partial charge in [-0.2, -0.15) is 0 Å². The van der Waals surface area contributed by atoms with Crippen molar-refractivity contribution in [3.8, 4) is 0 Å². The van der Waals surface area contributed by atoms with Gasteiger partial charge < -0.3 is 5.32 Å². The minimum Gasteiger partial charge on any atom is -0.309 e. The summed E-state index contributed by atoms with van der Waals surface area (Å²) < 4.78 is 0. The standard InChI is InChI=1S/C18H32N2/c1-6-14-20(15(4)5)17(7-2)18(19-8-3)16-12-10-9-11-13-16/h9-13,15,17-19H,6-8,14H2,1-5H3. The van der Waals surface area contributed by atoms with E-state index in [0.29, 0.717) is 18.1 Å². The van der Waals surface area contributed by atoms with Crippen LogP contribution in [0.2, 0.25) is 0 Å². The molecule has 20 heavy (non-hydrogen) atoms. The molecule has 2 atom stereocenters. The predicted molar refractivity (Wildman–Crippen MR) is 89.1 cm³/mol. The number of benzene rings is 1. The highest BCUT2D eigenvalue weighted by molar-refractivity contribution is 5.21. The van der Waals surface area contributed by atoms with Crippen LogP contribution in [0, 0.1) is 0 Å². The molecule has 0 saturated carbocycles. The fraction of sp³-hybridized carbons (Fsp3) is 0.667. The Balaban J connectivity index is 3.01. The molecule has 0 saturated heterocycles. The van der Waals surface area contributed by atoms with E-state index in [1.165, 1.54) is 24.9 Å². The third-order valence-corrected chi connectivity index (χ3v) is 3.96. The topological polar surface area (TPSA) is 15.3 Å². The molecule has 0 aliphatic rings. The molecule has 0 amide bonds. The van der Waals surface area contributed by atoms with E-state index in [4.69, 9.17) is 0 Å². The van der Waals surface area contributed by atoms with Gasteiger partial charge in [0, 0.05) is 18.1 Å². The maximum absolute atomic E-state index is 3.70. The molecule has 0 spiro atoms. The first-order valence-electron chi connectivity index (χ1n) is 8.19. The number of likely N-dealkylation sites (N-methyl/N-ethyl adjacent to an activating group) is 1. The summed E-state index contributed by atoms with van der Waals surface area (Å²) in [7, 11) is 0. The van der Waals surface area contributed by atoms with Gasteiger partial charge in [-0.3, -0.25) is 4.90 Å². The third-order valence-electron chi connectivity index (χ3n) is 3.96. The minimum absolute atomic E-state index is 0.417. The van der Waals surface area contributed by atoms with Crippen molar-refractivity contribution < 1.29 is 0 Å². The zero-order chi connectivity index (χ0) is 15.0. The lowest BCUT2D eigenvalue weighted by Crippen LogP contribution is -2.48. The Kier molecular flexibility index (Phi) is 7.86. The molecular weight excluding hydrogens is 244 g/mol. The molecule has 1 aromatic rings. The molecule has 2 heteroatoms. The number of nitrogens with zero attached hydrogens (tertiary/aromatic N) is 1. The van der Waals surface area contributed by atoms with E-state index < -0.39 is 0 Å². The molecule has 0 aromatic heterocycles. The molecule has 1 rings (SSSR count). The van der Waals surface area contributed by atoms with E-state index in [0.717, 1.165) is 6.54 Å². The van der Waals surface area contributed by atoms with Gasteiger partial charge in [-0.25, -0.2) is 0 Å². The van der Waals surface area contributed by atoms with Crippen LogP contribution in [0.3, 0.4) is 0 Å². The molecule has 0 bridgehead atoms. The third kappa shape index (κ3) is 4.60. The lowest BCUT2D eigenvalue weighted by atomic mass is 9.94. The molecule has 0 aliphatic carbocycles. The first-order valence-corrected chi connectivity index (χ1v) is 8.19. The highest BCUT2D eigenvalue weighted by Gasteiger charge is 2.27. The zero-order valence-corrected chi connectivity index (χ0v) is 13.9. The molecule has 1 aromatic carbocycles.